The van der Waals surface area contributed by atoms with E-state index in [0.717, 1.165) is 0 Å². The molecule has 1 heterocycles. The molecule has 1 N–H and O–H groups in total. The number of aliphatic carboxylic acids is 1. The summed E-state index contributed by atoms with van der Waals surface area (Å²) >= 11 is 0. The van der Waals surface area contributed by atoms with E-state index in [1.807, 2.05) is 13.8 Å². The lowest BCUT2D eigenvalue weighted by atomic mass is 9.99. The highest BCUT2D eigenvalue weighted by Gasteiger charge is 2.37. The molecule has 17 heavy (non-hydrogen) atoms. The Morgan fingerprint density at radius 1 is 1.53 bits per heavy atom. The van der Waals surface area contributed by atoms with Gasteiger partial charge >= 0.3 is 12.0 Å². The van der Waals surface area contributed by atoms with E-state index in [1.165, 1.54) is 4.90 Å². The van der Waals surface area contributed by atoms with Gasteiger partial charge in [0.15, 0.2) is 0 Å². The normalized spacial score (nSPS) is 23.2. The van der Waals surface area contributed by atoms with E-state index in [-0.39, 0.29) is 25.0 Å². The van der Waals surface area contributed by atoms with E-state index < -0.39 is 11.9 Å². The minimum atomic E-state index is -0.840. The number of hydrogen-bond acceptors (Lipinski definition) is 2. The van der Waals surface area contributed by atoms with Crippen LogP contribution >= 0.6 is 0 Å². The topological polar surface area (TPSA) is 60.9 Å². The Labute approximate surface area is 101 Å². The van der Waals surface area contributed by atoms with Gasteiger partial charge in [0, 0.05) is 19.6 Å². The minimum Gasteiger partial charge on any atom is -0.481 e. The summed E-state index contributed by atoms with van der Waals surface area (Å²) in [6.07, 6.45) is 5.19. The molecule has 2 unspecified atom stereocenters. The monoisotopic (exact) mass is 238 g/mol. The van der Waals surface area contributed by atoms with Crippen molar-refractivity contribution in [1.82, 2.24) is 9.80 Å². The molecule has 1 rings (SSSR count). The molecule has 5 heteroatoms. The van der Waals surface area contributed by atoms with Crippen molar-refractivity contribution < 1.29 is 14.7 Å². The first-order valence-electron chi connectivity index (χ1n) is 5.71. The first kappa shape index (κ1) is 13.4. The smallest absolute Gasteiger partial charge is 0.320 e. The lowest BCUT2D eigenvalue weighted by Gasteiger charge is -2.25. The molecule has 0 bridgehead atoms. The zero-order chi connectivity index (χ0) is 13.0. The van der Waals surface area contributed by atoms with Crippen LogP contribution in [0.5, 0.6) is 0 Å². The van der Waals surface area contributed by atoms with Gasteiger partial charge in [-0.05, 0) is 12.8 Å². The number of nitrogens with zero attached hydrogens (tertiary/aromatic N) is 2. The Kier molecular flexibility index (Phi) is 4.38. The largest absolute Gasteiger partial charge is 0.481 e. The zero-order valence-electron chi connectivity index (χ0n) is 10.2. The molecule has 1 fully saturated rings. The second-order valence-electron chi connectivity index (χ2n) is 4.33. The summed E-state index contributed by atoms with van der Waals surface area (Å²) in [6.45, 7) is 5.25. The van der Waals surface area contributed by atoms with Gasteiger partial charge in [-0.15, -0.1) is 6.42 Å². The Balaban J connectivity index is 2.67. The van der Waals surface area contributed by atoms with Crippen molar-refractivity contribution >= 4 is 12.0 Å². The van der Waals surface area contributed by atoms with Crippen LogP contribution in [-0.2, 0) is 4.79 Å². The van der Waals surface area contributed by atoms with E-state index in [1.54, 1.807) is 4.90 Å². The third kappa shape index (κ3) is 2.90. The van der Waals surface area contributed by atoms with Crippen LogP contribution in [0.1, 0.15) is 13.8 Å². The summed E-state index contributed by atoms with van der Waals surface area (Å²) in [5.41, 5.74) is 0. The molecular formula is C12H18N2O3. The molecule has 0 aliphatic carbocycles. The molecular weight excluding hydrogens is 220 g/mol. The van der Waals surface area contributed by atoms with Crippen LogP contribution in [0.15, 0.2) is 0 Å². The Hall–Kier alpha value is -1.70. The van der Waals surface area contributed by atoms with Crippen molar-refractivity contribution in [2.45, 2.75) is 13.8 Å². The van der Waals surface area contributed by atoms with Gasteiger partial charge in [-0.2, -0.15) is 0 Å². The van der Waals surface area contributed by atoms with Crippen LogP contribution in [-0.4, -0.2) is 53.1 Å². The highest BCUT2D eigenvalue weighted by molar-refractivity contribution is 5.78. The number of carboxylic acids is 1. The third-order valence-corrected chi connectivity index (χ3v) is 3.13. The Morgan fingerprint density at radius 3 is 2.59 bits per heavy atom. The van der Waals surface area contributed by atoms with E-state index in [9.17, 15) is 9.59 Å². The van der Waals surface area contributed by atoms with Crippen LogP contribution in [0.4, 0.5) is 4.79 Å². The number of urea groups is 1. The lowest BCUT2D eigenvalue weighted by Crippen LogP contribution is -2.42. The summed E-state index contributed by atoms with van der Waals surface area (Å²) < 4.78 is 0. The molecule has 1 aliphatic heterocycles. The van der Waals surface area contributed by atoms with Gasteiger partial charge in [0.1, 0.15) is 0 Å². The maximum atomic E-state index is 12.0. The molecule has 2 amide bonds. The number of likely N-dealkylation sites (tertiary alicyclic amines) is 1. The van der Waals surface area contributed by atoms with Gasteiger partial charge in [-0.3, -0.25) is 4.79 Å². The summed E-state index contributed by atoms with van der Waals surface area (Å²) in [5.74, 6) is 1.11. The van der Waals surface area contributed by atoms with E-state index >= 15 is 0 Å². The predicted molar refractivity (Wildman–Crippen MR) is 63.3 cm³/mol. The van der Waals surface area contributed by atoms with Crippen LogP contribution in [0.2, 0.25) is 0 Å². The lowest BCUT2D eigenvalue weighted by molar-refractivity contribution is -0.142. The predicted octanol–water partition coefficient (Wildman–Crippen LogP) is 0.714. The fourth-order valence-corrected chi connectivity index (χ4v) is 2.07. The van der Waals surface area contributed by atoms with E-state index in [2.05, 4.69) is 5.92 Å². The summed E-state index contributed by atoms with van der Waals surface area (Å²) in [4.78, 5) is 26.1. The standard InChI is InChI=1S/C12H18N2O3/c1-4-6-13(5-2)12(17)14-7-9(3)10(8-14)11(15)16/h1,9-10H,5-8H2,2-3H3,(H,15,16). The summed E-state index contributed by atoms with van der Waals surface area (Å²) in [7, 11) is 0. The Bertz CT molecular complexity index is 348. The number of terminal acetylenes is 1. The second-order valence-corrected chi connectivity index (χ2v) is 4.33. The molecule has 2 atom stereocenters. The van der Waals surface area contributed by atoms with Crippen LogP contribution < -0.4 is 0 Å². The highest BCUT2D eigenvalue weighted by atomic mass is 16.4. The summed E-state index contributed by atoms with van der Waals surface area (Å²) in [5, 5.41) is 9.00. The van der Waals surface area contributed by atoms with E-state index in [4.69, 9.17) is 11.5 Å². The van der Waals surface area contributed by atoms with Gasteiger partial charge in [0.25, 0.3) is 0 Å². The minimum absolute atomic E-state index is 0.0130. The van der Waals surface area contributed by atoms with Gasteiger partial charge < -0.3 is 14.9 Å². The quantitative estimate of drug-likeness (QED) is 0.737. The SMILES string of the molecule is C#CCN(CC)C(=O)N1CC(C)C(C(=O)O)C1. The molecule has 0 aromatic rings. The number of amides is 2. The number of carboxylic acid groups (broad SMARTS) is 1. The Morgan fingerprint density at radius 2 is 2.18 bits per heavy atom. The van der Waals surface area contributed by atoms with Crippen LogP contribution in [0.3, 0.4) is 0 Å². The molecule has 94 valence electrons. The molecule has 0 spiro atoms. The molecule has 0 radical (unpaired) electrons. The average molecular weight is 238 g/mol. The van der Waals surface area contributed by atoms with Crippen LogP contribution in [0.25, 0.3) is 0 Å². The van der Waals surface area contributed by atoms with E-state index in [0.29, 0.717) is 13.1 Å². The van der Waals surface area contributed by atoms with Gasteiger partial charge in [-0.1, -0.05) is 12.8 Å². The van der Waals surface area contributed by atoms with Crippen LogP contribution in [0, 0.1) is 24.2 Å². The van der Waals surface area contributed by atoms with Crippen molar-refractivity contribution in [1.29, 1.82) is 0 Å². The molecule has 1 aliphatic rings. The molecule has 0 saturated carbocycles. The molecule has 0 aromatic carbocycles. The fourth-order valence-electron chi connectivity index (χ4n) is 2.07. The van der Waals surface area contributed by atoms with Crippen molar-refractivity contribution in [2.75, 3.05) is 26.2 Å². The maximum absolute atomic E-state index is 12.0. The third-order valence-electron chi connectivity index (χ3n) is 3.13. The number of carbonyl (C=O) groups excluding carboxylic acids is 1. The number of rotatable bonds is 3. The average Bonchev–Trinajstić information content (AvgIpc) is 2.67. The maximum Gasteiger partial charge on any atom is 0.320 e. The zero-order valence-corrected chi connectivity index (χ0v) is 10.2. The molecule has 5 nitrogen and oxygen atoms in total. The number of carbonyl (C=O) groups is 2. The first-order valence-corrected chi connectivity index (χ1v) is 5.71. The van der Waals surface area contributed by atoms with Crippen molar-refractivity contribution in [2.24, 2.45) is 11.8 Å². The first-order chi connectivity index (χ1) is 8.01. The molecule has 0 aromatic heterocycles. The number of hydrogen-bond donors (Lipinski definition) is 1. The van der Waals surface area contributed by atoms with Crippen molar-refractivity contribution in [3.05, 3.63) is 0 Å². The molecule has 1 saturated heterocycles. The van der Waals surface area contributed by atoms with Gasteiger partial charge in [0.2, 0.25) is 0 Å². The summed E-state index contributed by atoms with van der Waals surface area (Å²) in [6, 6.07) is -0.166. The highest BCUT2D eigenvalue weighted by Crippen LogP contribution is 2.24. The van der Waals surface area contributed by atoms with Gasteiger partial charge in [0.05, 0.1) is 12.5 Å². The fraction of sp³-hybridized carbons (Fsp3) is 0.667. The van der Waals surface area contributed by atoms with Gasteiger partial charge in [-0.25, -0.2) is 4.79 Å². The van der Waals surface area contributed by atoms with Crippen molar-refractivity contribution in [3.63, 3.8) is 0 Å². The van der Waals surface area contributed by atoms with Crippen molar-refractivity contribution in [3.8, 4) is 12.3 Å². The second kappa shape index (κ2) is 5.58.